The van der Waals surface area contributed by atoms with Gasteiger partial charge in [0, 0.05) is 19.4 Å². The second-order valence-corrected chi connectivity index (χ2v) is 16.0. The van der Waals surface area contributed by atoms with E-state index in [1.807, 2.05) is 0 Å². The van der Waals surface area contributed by atoms with Gasteiger partial charge in [-0.3, -0.25) is 18.6 Å². The largest absolute Gasteiger partial charge is 0.472 e. The van der Waals surface area contributed by atoms with Crippen LogP contribution < -0.4 is 5.73 Å². The zero-order chi connectivity index (χ0) is 40.3. The highest BCUT2D eigenvalue weighted by Gasteiger charge is 2.26. The molecule has 0 heterocycles. The first-order valence-electron chi connectivity index (χ1n) is 22.1. The molecule has 0 fully saturated rings. The number of hydrogen-bond donors (Lipinski definition) is 2. The van der Waals surface area contributed by atoms with Gasteiger partial charge in [0.2, 0.25) is 0 Å². The van der Waals surface area contributed by atoms with Crippen LogP contribution in [-0.4, -0.2) is 49.3 Å². The predicted molar refractivity (Wildman–Crippen MR) is 229 cm³/mol. The Morgan fingerprint density at radius 2 is 0.964 bits per heavy atom. The molecular formula is C45H82NO8P. The fourth-order valence-electron chi connectivity index (χ4n) is 5.92. The van der Waals surface area contributed by atoms with Crippen molar-refractivity contribution in [3.63, 3.8) is 0 Å². The van der Waals surface area contributed by atoms with E-state index in [-0.39, 0.29) is 32.6 Å². The maximum absolute atomic E-state index is 12.6. The smallest absolute Gasteiger partial charge is 0.462 e. The second kappa shape index (κ2) is 41.6. The van der Waals surface area contributed by atoms with Crippen molar-refractivity contribution in [1.82, 2.24) is 0 Å². The van der Waals surface area contributed by atoms with Crippen molar-refractivity contribution < 1.29 is 37.6 Å². The molecule has 0 radical (unpaired) electrons. The Morgan fingerprint density at radius 3 is 1.45 bits per heavy atom. The minimum atomic E-state index is -4.39. The number of allylic oxidation sites excluding steroid dienone is 8. The number of unbranched alkanes of at least 4 members (excludes halogenated alkanes) is 20. The van der Waals surface area contributed by atoms with Crippen LogP contribution in [0.1, 0.15) is 194 Å². The summed E-state index contributed by atoms with van der Waals surface area (Å²) in [6.07, 6.45) is 47.2. The Kier molecular flexibility index (Phi) is 40.1. The van der Waals surface area contributed by atoms with Crippen LogP contribution in [-0.2, 0) is 32.7 Å². The van der Waals surface area contributed by atoms with Gasteiger partial charge in [-0.15, -0.1) is 0 Å². The van der Waals surface area contributed by atoms with Crippen molar-refractivity contribution in [1.29, 1.82) is 0 Å². The van der Waals surface area contributed by atoms with E-state index in [2.05, 4.69) is 62.5 Å². The van der Waals surface area contributed by atoms with Gasteiger partial charge in [0.05, 0.1) is 13.2 Å². The number of rotatable bonds is 41. The van der Waals surface area contributed by atoms with Crippen LogP contribution in [0.15, 0.2) is 48.6 Å². The van der Waals surface area contributed by atoms with E-state index in [4.69, 9.17) is 24.3 Å². The molecule has 0 bridgehead atoms. The van der Waals surface area contributed by atoms with Crippen molar-refractivity contribution in [3.05, 3.63) is 48.6 Å². The third-order valence-corrected chi connectivity index (χ3v) is 10.2. The van der Waals surface area contributed by atoms with Crippen LogP contribution in [0.4, 0.5) is 0 Å². The third-order valence-electron chi connectivity index (χ3n) is 9.22. The average molecular weight is 796 g/mol. The van der Waals surface area contributed by atoms with Gasteiger partial charge in [-0.05, 0) is 51.4 Å². The summed E-state index contributed by atoms with van der Waals surface area (Å²) in [5.41, 5.74) is 5.34. The summed E-state index contributed by atoms with van der Waals surface area (Å²) in [4.78, 5) is 34.9. The number of phosphoric ester groups is 1. The Morgan fingerprint density at radius 1 is 0.545 bits per heavy atom. The topological polar surface area (TPSA) is 134 Å². The normalized spacial score (nSPS) is 13.7. The molecule has 55 heavy (non-hydrogen) atoms. The summed E-state index contributed by atoms with van der Waals surface area (Å²) in [7, 11) is -4.39. The van der Waals surface area contributed by atoms with Gasteiger partial charge in [0.15, 0.2) is 6.10 Å². The summed E-state index contributed by atoms with van der Waals surface area (Å²) in [5, 5.41) is 0. The van der Waals surface area contributed by atoms with Crippen molar-refractivity contribution in [3.8, 4) is 0 Å². The molecule has 0 saturated heterocycles. The number of carbonyl (C=O) groups is 2. The number of nitrogens with two attached hydrogens (primary N) is 1. The Balaban J connectivity index is 4.22. The summed E-state index contributed by atoms with van der Waals surface area (Å²) < 4.78 is 32.7. The summed E-state index contributed by atoms with van der Waals surface area (Å²) >= 11 is 0. The van der Waals surface area contributed by atoms with E-state index in [1.54, 1.807) is 0 Å². The molecule has 0 amide bonds. The number of ether oxygens (including phenoxy) is 2. The molecule has 1 unspecified atom stereocenters. The van der Waals surface area contributed by atoms with Crippen molar-refractivity contribution >= 4 is 19.8 Å². The van der Waals surface area contributed by atoms with E-state index in [9.17, 15) is 19.0 Å². The molecule has 0 aromatic carbocycles. The standard InChI is InChI=1S/C45H82NO8P/c1-3-5-7-9-11-13-15-17-19-21-23-25-27-29-31-33-35-37-44(47)51-41-43(42-53-55(49,50)52-40-39-46)54-45(48)38-36-34-32-30-28-26-24-22-20-18-16-14-12-10-8-6-4-2/h11,13,17,19,23,25,29,31,43H,3-10,12,14-16,18,20-22,24,26-28,30,32-42,46H2,1-2H3,(H,49,50)/t43-/m1/s1. The highest BCUT2D eigenvalue weighted by molar-refractivity contribution is 7.47. The van der Waals surface area contributed by atoms with E-state index in [1.165, 1.54) is 109 Å². The molecule has 0 aliphatic heterocycles. The van der Waals surface area contributed by atoms with E-state index in [0.29, 0.717) is 12.8 Å². The first-order valence-corrected chi connectivity index (χ1v) is 23.6. The lowest BCUT2D eigenvalue weighted by Gasteiger charge is -2.19. The van der Waals surface area contributed by atoms with Crippen molar-refractivity contribution in [2.45, 2.75) is 200 Å². The molecule has 0 aliphatic rings. The fraction of sp³-hybridized carbons (Fsp3) is 0.778. The third kappa shape index (κ3) is 41.4. The van der Waals surface area contributed by atoms with Crippen LogP contribution in [0.2, 0.25) is 0 Å². The zero-order valence-electron chi connectivity index (χ0n) is 35.2. The fourth-order valence-corrected chi connectivity index (χ4v) is 6.69. The average Bonchev–Trinajstić information content (AvgIpc) is 3.17. The zero-order valence-corrected chi connectivity index (χ0v) is 36.0. The molecule has 0 aromatic rings. The number of carbonyl (C=O) groups excluding carboxylic acids is 2. The van der Waals surface area contributed by atoms with Gasteiger partial charge >= 0.3 is 19.8 Å². The van der Waals surface area contributed by atoms with E-state index >= 15 is 0 Å². The van der Waals surface area contributed by atoms with Crippen molar-refractivity contribution in [2.24, 2.45) is 5.73 Å². The maximum atomic E-state index is 12.6. The Labute approximate surface area is 336 Å². The summed E-state index contributed by atoms with van der Waals surface area (Å²) in [5.74, 6) is -0.890. The predicted octanol–water partition coefficient (Wildman–Crippen LogP) is 12.7. The van der Waals surface area contributed by atoms with Crippen molar-refractivity contribution in [2.75, 3.05) is 26.4 Å². The molecule has 2 atom stereocenters. The molecule has 0 spiro atoms. The van der Waals surface area contributed by atoms with Gasteiger partial charge in [0.25, 0.3) is 0 Å². The highest BCUT2D eigenvalue weighted by Crippen LogP contribution is 2.43. The molecule has 0 saturated carbocycles. The monoisotopic (exact) mass is 796 g/mol. The lowest BCUT2D eigenvalue weighted by atomic mass is 10.0. The first-order chi connectivity index (χ1) is 26.8. The van der Waals surface area contributed by atoms with Crippen LogP contribution in [0, 0.1) is 0 Å². The van der Waals surface area contributed by atoms with Crippen LogP contribution in [0.25, 0.3) is 0 Å². The highest BCUT2D eigenvalue weighted by atomic mass is 31.2. The molecule has 320 valence electrons. The van der Waals surface area contributed by atoms with E-state index < -0.39 is 32.5 Å². The Bertz CT molecular complexity index is 1040. The van der Waals surface area contributed by atoms with Gasteiger partial charge < -0.3 is 20.1 Å². The number of hydrogen-bond acceptors (Lipinski definition) is 8. The van der Waals surface area contributed by atoms with Crippen LogP contribution in [0.5, 0.6) is 0 Å². The molecule has 0 aromatic heterocycles. The van der Waals surface area contributed by atoms with E-state index in [0.717, 1.165) is 44.9 Å². The molecule has 9 nitrogen and oxygen atoms in total. The minimum absolute atomic E-state index is 0.0460. The number of esters is 2. The lowest BCUT2D eigenvalue weighted by Crippen LogP contribution is -2.29. The van der Waals surface area contributed by atoms with Gasteiger partial charge in [-0.25, -0.2) is 4.57 Å². The quantitative estimate of drug-likeness (QED) is 0.0268. The summed E-state index contributed by atoms with van der Waals surface area (Å²) in [6, 6.07) is 0. The second-order valence-electron chi connectivity index (χ2n) is 14.6. The van der Waals surface area contributed by atoms with Gasteiger partial charge in [-0.1, -0.05) is 178 Å². The SMILES string of the molecule is CCCCCC=CCC=CCC=CCC=CCCCC(=O)OC[C@H](COP(=O)(O)OCCN)OC(=O)CCCCCCCCCCCCCCCCCCC. The molecule has 0 rings (SSSR count). The van der Waals surface area contributed by atoms with Crippen LogP contribution in [0.3, 0.4) is 0 Å². The van der Waals surface area contributed by atoms with Gasteiger partial charge in [0.1, 0.15) is 6.61 Å². The van der Waals surface area contributed by atoms with Crippen LogP contribution >= 0.6 is 7.82 Å². The number of phosphoric acid groups is 1. The molecule has 3 N–H and O–H groups in total. The lowest BCUT2D eigenvalue weighted by molar-refractivity contribution is -0.161. The maximum Gasteiger partial charge on any atom is 0.472 e. The minimum Gasteiger partial charge on any atom is -0.462 e. The molecule has 10 heteroatoms. The summed E-state index contributed by atoms with van der Waals surface area (Å²) in [6.45, 7) is 3.65. The molecule has 0 aliphatic carbocycles. The first kappa shape index (κ1) is 53.0. The molecular weight excluding hydrogens is 713 g/mol. The Hall–Kier alpha value is -2.03. The van der Waals surface area contributed by atoms with Gasteiger partial charge in [-0.2, -0.15) is 0 Å².